The molecule has 112 valence electrons. The average Bonchev–Trinajstić information content (AvgIpc) is 2.42. The monoisotopic (exact) mass is 306 g/mol. The Hall–Kier alpha value is 0.220. The molecule has 1 unspecified atom stereocenters. The lowest BCUT2D eigenvalue weighted by atomic mass is 9.86. The molecule has 2 N–H and O–H groups in total. The Morgan fingerprint density at radius 1 is 1.26 bits per heavy atom. The van der Waals surface area contributed by atoms with Crippen LogP contribution in [0.15, 0.2) is 0 Å². The summed E-state index contributed by atoms with van der Waals surface area (Å²) in [6, 6.07) is 0.364. The molecule has 1 aliphatic carbocycles. The first-order chi connectivity index (χ1) is 9.03. The molecular formula is C13H26N2O2S2. The molecule has 2 rings (SSSR count). The zero-order valence-electron chi connectivity index (χ0n) is 11.8. The number of sulfone groups is 1. The maximum absolute atomic E-state index is 12.2. The van der Waals surface area contributed by atoms with E-state index in [-0.39, 0.29) is 11.1 Å². The van der Waals surface area contributed by atoms with Crippen LogP contribution in [0.3, 0.4) is 0 Å². The lowest BCUT2D eigenvalue weighted by Gasteiger charge is -2.38. The Balaban J connectivity index is 1.96. The van der Waals surface area contributed by atoms with E-state index in [1.165, 1.54) is 0 Å². The Bertz CT molecular complexity index is 378. The maximum Gasteiger partial charge on any atom is 0.166 e. The molecule has 6 heteroatoms. The number of thioether (sulfide) groups is 1. The first-order valence-corrected chi connectivity index (χ1v) is 10.2. The second kappa shape index (κ2) is 6.78. The third kappa shape index (κ3) is 4.09. The minimum absolute atomic E-state index is 0.254. The summed E-state index contributed by atoms with van der Waals surface area (Å²) in [7, 11) is -2.95. The first kappa shape index (κ1) is 15.6. The largest absolute Gasteiger partial charge is 0.328 e. The average molecular weight is 306 g/mol. The molecule has 19 heavy (non-hydrogen) atoms. The molecular weight excluding hydrogens is 280 g/mol. The molecule has 1 saturated heterocycles. The molecule has 0 aromatic heterocycles. The third-order valence-corrected chi connectivity index (χ3v) is 7.72. The van der Waals surface area contributed by atoms with Gasteiger partial charge in [0.2, 0.25) is 0 Å². The number of hydrogen-bond acceptors (Lipinski definition) is 5. The van der Waals surface area contributed by atoms with Crippen molar-refractivity contribution in [3.8, 4) is 0 Å². The molecule has 0 aromatic rings. The molecule has 0 spiro atoms. The van der Waals surface area contributed by atoms with Crippen molar-refractivity contribution in [3.63, 3.8) is 0 Å². The molecule has 1 saturated carbocycles. The highest BCUT2D eigenvalue weighted by atomic mass is 32.2. The van der Waals surface area contributed by atoms with Crippen molar-refractivity contribution in [1.82, 2.24) is 4.90 Å². The minimum atomic E-state index is -2.95. The van der Waals surface area contributed by atoms with Crippen molar-refractivity contribution in [2.75, 3.05) is 30.3 Å². The summed E-state index contributed by atoms with van der Waals surface area (Å²) in [5, 5.41) is -0.258. The summed E-state index contributed by atoms with van der Waals surface area (Å²) < 4.78 is 24.4. The zero-order valence-corrected chi connectivity index (χ0v) is 13.4. The predicted molar refractivity (Wildman–Crippen MR) is 82.1 cm³/mol. The predicted octanol–water partition coefficient (Wildman–Crippen LogP) is 1.31. The standard InChI is InChI=1S/C13H26N2O2S2/c1-2-19(16,17)13-10-18-8-7-15(13)9-11-3-5-12(14)6-4-11/h11-13H,2-10,14H2,1H3. The van der Waals surface area contributed by atoms with Crippen molar-refractivity contribution in [2.45, 2.75) is 44.0 Å². The van der Waals surface area contributed by atoms with Gasteiger partial charge in [0.25, 0.3) is 0 Å². The fourth-order valence-electron chi connectivity index (χ4n) is 3.05. The smallest absolute Gasteiger partial charge is 0.166 e. The van der Waals surface area contributed by atoms with Crippen LogP contribution in [-0.4, -0.2) is 55.1 Å². The van der Waals surface area contributed by atoms with Crippen LogP contribution >= 0.6 is 11.8 Å². The van der Waals surface area contributed by atoms with Crippen LogP contribution in [-0.2, 0) is 9.84 Å². The fraction of sp³-hybridized carbons (Fsp3) is 1.00. The highest BCUT2D eigenvalue weighted by Gasteiger charge is 2.34. The van der Waals surface area contributed by atoms with Gasteiger partial charge >= 0.3 is 0 Å². The summed E-state index contributed by atoms with van der Waals surface area (Å²) in [6.07, 6.45) is 4.50. The fourth-order valence-corrected chi connectivity index (χ4v) is 6.14. The quantitative estimate of drug-likeness (QED) is 0.848. The zero-order chi connectivity index (χ0) is 13.9. The number of nitrogens with two attached hydrogens (primary N) is 1. The van der Waals surface area contributed by atoms with E-state index in [1.54, 1.807) is 18.7 Å². The molecule has 1 atom stereocenters. The second-order valence-corrected chi connectivity index (χ2v) is 9.35. The van der Waals surface area contributed by atoms with Crippen molar-refractivity contribution < 1.29 is 8.42 Å². The molecule has 4 nitrogen and oxygen atoms in total. The van der Waals surface area contributed by atoms with E-state index in [0.717, 1.165) is 50.3 Å². The van der Waals surface area contributed by atoms with Gasteiger partial charge in [-0.2, -0.15) is 11.8 Å². The van der Waals surface area contributed by atoms with Crippen LogP contribution in [0, 0.1) is 5.92 Å². The molecule has 0 bridgehead atoms. The number of hydrogen-bond donors (Lipinski definition) is 1. The highest BCUT2D eigenvalue weighted by Crippen LogP contribution is 2.28. The van der Waals surface area contributed by atoms with Crippen LogP contribution in [0.25, 0.3) is 0 Å². The second-order valence-electron chi connectivity index (χ2n) is 5.76. The summed E-state index contributed by atoms with van der Waals surface area (Å²) >= 11 is 1.77. The van der Waals surface area contributed by atoms with Crippen LogP contribution in [0.4, 0.5) is 0 Å². The van der Waals surface area contributed by atoms with Crippen molar-refractivity contribution in [2.24, 2.45) is 11.7 Å². The summed E-state index contributed by atoms with van der Waals surface area (Å²) in [6.45, 7) is 3.61. The van der Waals surface area contributed by atoms with Crippen LogP contribution < -0.4 is 5.73 Å². The topological polar surface area (TPSA) is 63.4 Å². The van der Waals surface area contributed by atoms with Gasteiger partial charge in [0.15, 0.2) is 9.84 Å². The highest BCUT2D eigenvalue weighted by molar-refractivity contribution is 8.01. The first-order valence-electron chi connectivity index (χ1n) is 7.32. The summed E-state index contributed by atoms with van der Waals surface area (Å²) in [5.74, 6) is 2.69. The van der Waals surface area contributed by atoms with Crippen LogP contribution in [0.2, 0.25) is 0 Å². The minimum Gasteiger partial charge on any atom is -0.328 e. The molecule has 1 heterocycles. The normalized spacial score (nSPS) is 34.3. The summed E-state index contributed by atoms with van der Waals surface area (Å²) in [5.41, 5.74) is 5.94. The van der Waals surface area contributed by atoms with Crippen LogP contribution in [0.1, 0.15) is 32.6 Å². The van der Waals surface area contributed by atoms with Crippen molar-refractivity contribution in [1.29, 1.82) is 0 Å². The van der Waals surface area contributed by atoms with E-state index < -0.39 is 9.84 Å². The lowest BCUT2D eigenvalue weighted by Crippen LogP contribution is -2.50. The molecule has 0 aromatic carbocycles. The van der Waals surface area contributed by atoms with Crippen molar-refractivity contribution in [3.05, 3.63) is 0 Å². The van der Waals surface area contributed by atoms with Gasteiger partial charge in [-0.25, -0.2) is 8.42 Å². The van der Waals surface area contributed by atoms with Crippen molar-refractivity contribution >= 4 is 21.6 Å². The third-order valence-electron chi connectivity index (χ3n) is 4.39. The van der Waals surface area contributed by atoms with E-state index in [1.807, 2.05) is 0 Å². The molecule has 0 radical (unpaired) electrons. The molecule has 2 aliphatic rings. The Labute approximate surface area is 121 Å². The van der Waals surface area contributed by atoms with Gasteiger partial charge in [0.1, 0.15) is 5.37 Å². The van der Waals surface area contributed by atoms with Gasteiger partial charge in [-0.05, 0) is 31.6 Å². The Morgan fingerprint density at radius 3 is 2.58 bits per heavy atom. The van der Waals surface area contributed by atoms with Gasteiger partial charge in [0.05, 0.1) is 0 Å². The van der Waals surface area contributed by atoms with Gasteiger partial charge in [-0.1, -0.05) is 6.92 Å². The van der Waals surface area contributed by atoms with E-state index in [4.69, 9.17) is 5.73 Å². The lowest BCUT2D eigenvalue weighted by molar-refractivity contribution is 0.191. The van der Waals surface area contributed by atoms with E-state index >= 15 is 0 Å². The molecule has 1 aliphatic heterocycles. The molecule has 0 amide bonds. The Morgan fingerprint density at radius 2 is 1.95 bits per heavy atom. The maximum atomic E-state index is 12.2. The number of nitrogens with zero attached hydrogens (tertiary/aromatic N) is 1. The van der Waals surface area contributed by atoms with Gasteiger partial charge < -0.3 is 5.73 Å². The van der Waals surface area contributed by atoms with E-state index in [9.17, 15) is 8.42 Å². The summed E-state index contributed by atoms with van der Waals surface area (Å²) in [4.78, 5) is 2.22. The SMILES string of the molecule is CCS(=O)(=O)C1CSCCN1CC1CCC(N)CC1. The number of rotatable bonds is 4. The van der Waals surface area contributed by atoms with Gasteiger partial charge in [0, 0.05) is 36.4 Å². The van der Waals surface area contributed by atoms with E-state index in [2.05, 4.69) is 4.90 Å². The van der Waals surface area contributed by atoms with Gasteiger partial charge in [-0.3, -0.25) is 4.90 Å². The van der Waals surface area contributed by atoms with Gasteiger partial charge in [-0.15, -0.1) is 0 Å². The van der Waals surface area contributed by atoms with Crippen LogP contribution in [0.5, 0.6) is 0 Å². The molecule has 2 fully saturated rings. The van der Waals surface area contributed by atoms with E-state index in [0.29, 0.717) is 12.0 Å². The Kier molecular flexibility index (Phi) is 5.57.